The number of benzene rings is 8. The summed E-state index contributed by atoms with van der Waals surface area (Å²) in [5.74, 6) is 0.677. The summed E-state index contributed by atoms with van der Waals surface area (Å²) in [5.41, 5.74) is 5.09. The average Bonchev–Trinajstić information content (AvgIpc) is 3.73. The fraction of sp³-hybridized carbons (Fsp3) is 0.0339. The SMILES string of the molecule is N#Cc1cc(-c2cc(-c3ccccc3)nc(-c3ccccc3)n2)c(-n2c3ccccc3c3cc(-c4ccc(C(F)(F)F)cc4C(F)(F)F)ccc32)c(-c2nc(-c3ccccc3)cc(-c3ccccc3)n2)c1. The second-order valence-corrected chi connectivity index (χ2v) is 16.8. The largest absolute Gasteiger partial charge is 0.417 e. The van der Waals surface area contributed by atoms with Crippen LogP contribution in [-0.2, 0) is 12.4 Å². The summed E-state index contributed by atoms with van der Waals surface area (Å²) >= 11 is 0. The fourth-order valence-electron chi connectivity index (χ4n) is 9.03. The molecule has 3 aromatic heterocycles. The topological polar surface area (TPSA) is 80.3 Å². The lowest BCUT2D eigenvalue weighted by Gasteiger charge is -2.20. The van der Waals surface area contributed by atoms with E-state index in [0.717, 1.165) is 28.3 Å². The fourth-order valence-corrected chi connectivity index (χ4v) is 9.03. The van der Waals surface area contributed by atoms with Crippen molar-refractivity contribution < 1.29 is 26.3 Å². The van der Waals surface area contributed by atoms with Crippen molar-refractivity contribution in [3.8, 4) is 90.7 Å². The van der Waals surface area contributed by atoms with E-state index >= 15 is 0 Å². The summed E-state index contributed by atoms with van der Waals surface area (Å²) in [6, 6.07) is 61.7. The van der Waals surface area contributed by atoms with Gasteiger partial charge in [0.15, 0.2) is 11.6 Å². The molecule has 0 aliphatic heterocycles. The van der Waals surface area contributed by atoms with Crippen LogP contribution in [0.3, 0.4) is 0 Å². The first-order chi connectivity index (χ1) is 34.4. The molecule has 6 nitrogen and oxygen atoms in total. The van der Waals surface area contributed by atoms with Crippen LogP contribution in [0.4, 0.5) is 26.3 Å². The van der Waals surface area contributed by atoms with E-state index < -0.39 is 29.0 Å². The summed E-state index contributed by atoms with van der Waals surface area (Å²) in [6.45, 7) is 0. The van der Waals surface area contributed by atoms with Crippen LogP contribution in [-0.4, -0.2) is 24.5 Å². The Labute approximate surface area is 402 Å². The molecule has 8 aromatic carbocycles. The number of alkyl halides is 6. The van der Waals surface area contributed by atoms with Crippen LogP contribution < -0.4 is 0 Å². The Morgan fingerprint density at radius 1 is 0.380 bits per heavy atom. The molecule has 0 N–H and O–H groups in total. The zero-order valence-corrected chi connectivity index (χ0v) is 37.1. The highest BCUT2D eigenvalue weighted by Crippen LogP contribution is 2.46. The van der Waals surface area contributed by atoms with Crippen molar-refractivity contribution in [2.75, 3.05) is 0 Å². The molecule has 0 amide bonds. The number of fused-ring (bicyclic) bond motifs is 3. The Bertz CT molecular complexity index is 3580. The molecule has 0 saturated carbocycles. The minimum absolute atomic E-state index is 0.0592. The van der Waals surface area contributed by atoms with Gasteiger partial charge in [0, 0.05) is 44.2 Å². The van der Waals surface area contributed by atoms with Crippen LogP contribution >= 0.6 is 0 Å². The van der Waals surface area contributed by atoms with Crippen molar-refractivity contribution in [3.63, 3.8) is 0 Å². The molecule has 11 rings (SSSR count). The Balaban J connectivity index is 1.26. The van der Waals surface area contributed by atoms with Crippen molar-refractivity contribution in [1.29, 1.82) is 5.26 Å². The third-order valence-electron chi connectivity index (χ3n) is 12.3. The highest BCUT2D eigenvalue weighted by molar-refractivity contribution is 6.12. The summed E-state index contributed by atoms with van der Waals surface area (Å²) < 4.78 is 87.5. The molecule has 71 heavy (non-hydrogen) atoms. The van der Waals surface area contributed by atoms with Gasteiger partial charge in [0.1, 0.15) is 0 Å². The van der Waals surface area contributed by atoms with Gasteiger partial charge < -0.3 is 4.57 Å². The highest BCUT2D eigenvalue weighted by atomic mass is 19.4. The minimum Gasteiger partial charge on any atom is -0.308 e. The molecule has 0 bridgehead atoms. The van der Waals surface area contributed by atoms with Crippen molar-refractivity contribution >= 4 is 21.8 Å². The molecule has 342 valence electrons. The predicted molar refractivity (Wildman–Crippen MR) is 265 cm³/mol. The maximum Gasteiger partial charge on any atom is 0.417 e. The van der Waals surface area contributed by atoms with Gasteiger partial charge in [-0.2, -0.15) is 31.6 Å². The number of para-hydroxylation sites is 1. The molecule has 0 radical (unpaired) electrons. The maximum atomic E-state index is 14.7. The van der Waals surface area contributed by atoms with Gasteiger partial charge in [-0.1, -0.05) is 152 Å². The Morgan fingerprint density at radius 2 is 0.873 bits per heavy atom. The van der Waals surface area contributed by atoms with Crippen molar-refractivity contribution in [2.24, 2.45) is 0 Å². The van der Waals surface area contributed by atoms with Crippen LogP contribution in [0.15, 0.2) is 206 Å². The normalized spacial score (nSPS) is 11.8. The standard InChI is InChI=1S/C59H34F6N6/c60-58(61,62)42-26-27-43(48(32-42)59(63,64)65)41-25-28-54-45(31-41)44-23-13-14-24-53(44)71(54)55-46(52-34-51(39-19-9-3-10-20-39)67-56(70-52)40-21-11-4-12-22-40)29-36(35-66)30-47(55)57-68-49(37-15-5-1-6-16-37)33-50(69-57)38-17-7-2-8-18-38/h1-34H. The number of hydrogen-bond acceptors (Lipinski definition) is 5. The van der Waals surface area contributed by atoms with E-state index in [1.807, 2.05) is 156 Å². The summed E-state index contributed by atoms with van der Waals surface area (Å²) in [5, 5.41) is 12.0. The molecule has 0 saturated heterocycles. The van der Waals surface area contributed by atoms with Gasteiger partial charge in [-0.15, -0.1) is 0 Å². The lowest BCUT2D eigenvalue weighted by atomic mass is 9.95. The molecule has 0 unspecified atom stereocenters. The molecule has 0 spiro atoms. The molecule has 11 aromatic rings. The van der Waals surface area contributed by atoms with Crippen LogP contribution in [0.1, 0.15) is 16.7 Å². The van der Waals surface area contributed by atoms with Crippen molar-refractivity contribution in [1.82, 2.24) is 24.5 Å². The first-order valence-electron chi connectivity index (χ1n) is 22.3. The highest BCUT2D eigenvalue weighted by Gasteiger charge is 2.38. The molecule has 3 heterocycles. The van der Waals surface area contributed by atoms with E-state index in [2.05, 4.69) is 6.07 Å². The van der Waals surface area contributed by atoms with Gasteiger partial charge >= 0.3 is 12.4 Å². The lowest BCUT2D eigenvalue weighted by molar-refractivity contribution is -0.142. The maximum absolute atomic E-state index is 14.7. The molecular weight excluding hydrogens is 907 g/mol. The number of halogens is 6. The Hall–Kier alpha value is -9.21. The van der Waals surface area contributed by atoms with Gasteiger partial charge in [-0.05, 0) is 65.7 Å². The van der Waals surface area contributed by atoms with Gasteiger partial charge in [-0.25, -0.2) is 19.9 Å². The van der Waals surface area contributed by atoms with Gasteiger partial charge in [0.25, 0.3) is 0 Å². The molecule has 12 heteroatoms. The van der Waals surface area contributed by atoms with Crippen LogP contribution in [0.25, 0.3) is 106 Å². The second-order valence-electron chi connectivity index (χ2n) is 16.8. The van der Waals surface area contributed by atoms with Crippen molar-refractivity contribution in [2.45, 2.75) is 12.4 Å². The molecular formula is C59H34F6N6. The van der Waals surface area contributed by atoms with Crippen molar-refractivity contribution in [3.05, 3.63) is 223 Å². The second kappa shape index (κ2) is 17.7. The quantitative estimate of drug-likeness (QED) is 0.142. The molecule has 0 aliphatic rings. The van der Waals surface area contributed by atoms with E-state index in [4.69, 9.17) is 19.9 Å². The number of aromatic nitrogens is 5. The van der Waals surface area contributed by atoms with Crippen LogP contribution in [0.2, 0.25) is 0 Å². The molecule has 0 aliphatic carbocycles. The Morgan fingerprint density at radius 3 is 1.44 bits per heavy atom. The van der Waals surface area contributed by atoms with E-state index in [9.17, 15) is 31.6 Å². The summed E-state index contributed by atoms with van der Waals surface area (Å²) in [6.07, 6.45) is -10.1. The zero-order chi connectivity index (χ0) is 48.9. The lowest BCUT2D eigenvalue weighted by Crippen LogP contribution is -2.12. The average molecular weight is 941 g/mol. The number of nitrogens with zero attached hydrogens (tertiary/aromatic N) is 6. The molecule has 0 atom stereocenters. The Kier molecular flexibility index (Phi) is 11.0. The number of hydrogen-bond donors (Lipinski definition) is 0. The van der Waals surface area contributed by atoms with Crippen LogP contribution in [0.5, 0.6) is 0 Å². The third-order valence-corrected chi connectivity index (χ3v) is 12.3. The smallest absolute Gasteiger partial charge is 0.308 e. The van der Waals surface area contributed by atoms with Gasteiger partial charge in [0.05, 0.1) is 62.3 Å². The third kappa shape index (κ3) is 8.44. The predicted octanol–water partition coefficient (Wildman–Crippen LogP) is 15.9. The van der Waals surface area contributed by atoms with Gasteiger partial charge in [0.2, 0.25) is 0 Å². The summed E-state index contributed by atoms with van der Waals surface area (Å²) in [7, 11) is 0. The summed E-state index contributed by atoms with van der Waals surface area (Å²) in [4.78, 5) is 20.7. The monoisotopic (exact) mass is 940 g/mol. The van der Waals surface area contributed by atoms with Crippen LogP contribution in [0, 0.1) is 11.3 Å². The first-order valence-corrected chi connectivity index (χ1v) is 22.3. The van der Waals surface area contributed by atoms with E-state index in [-0.39, 0.29) is 23.0 Å². The van der Waals surface area contributed by atoms with E-state index in [1.54, 1.807) is 30.3 Å². The van der Waals surface area contributed by atoms with Gasteiger partial charge in [-0.3, -0.25) is 0 Å². The first kappa shape index (κ1) is 44.3. The van der Waals surface area contributed by atoms with E-state index in [0.29, 0.717) is 73.3 Å². The van der Waals surface area contributed by atoms with E-state index in [1.165, 1.54) is 6.07 Å². The zero-order valence-electron chi connectivity index (χ0n) is 37.1. The minimum atomic E-state index is -5.10. The number of rotatable bonds is 8. The molecule has 0 fully saturated rings. The number of nitriles is 1.